The summed E-state index contributed by atoms with van der Waals surface area (Å²) in [5, 5.41) is 14.2. The van der Waals surface area contributed by atoms with Crippen LogP contribution in [0.25, 0.3) is 16.7 Å². The van der Waals surface area contributed by atoms with Gasteiger partial charge in [-0.25, -0.2) is 0 Å². The fraction of sp³-hybridized carbons (Fsp3) is 0.400. The summed E-state index contributed by atoms with van der Waals surface area (Å²) in [6.07, 6.45) is 0.905. The monoisotopic (exact) mass is 397 g/mol. The van der Waals surface area contributed by atoms with E-state index in [4.69, 9.17) is 4.52 Å². The van der Waals surface area contributed by atoms with Crippen LogP contribution in [0.5, 0.6) is 0 Å². The molecule has 0 saturated carbocycles. The zero-order valence-electron chi connectivity index (χ0n) is 16.5. The van der Waals surface area contributed by atoms with E-state index in [2.05, 4.69) is 29.2 Å². The van der Waals surface area contributed by atoms with Crippen LogP contribution in [-0.2, 0) is 12.3 Å². The Hall–Kier alpha value is -2.61. The van der Waals surface area contributed by atoms with Gasteiger partial charge in [0.05, 0.1) is 16.6 Å². The van der Waals surface area contributed by atoms with E-state index in [1.54, 1.807) is 16.3 Å². The maximum absolute atomic E-state index is 13.1. The molecule has 146 valence electrons. The van der Waals surface area contributed by atoms with Crippen LogP contribution in [-0.4, -0.2) is 24.3 Å². The summed E-state index contributed by atoms with van der Waals surface area (Å²) in [4.78, 5) is 13.1. The lowest BCUT2D eigenvalue weighted by Crippen LogP contribution is -2.24. The molecule has 0 spiro atoms. The number of thioether (sulfide) groups is 1. The van der Waals surface area contributed by atoms with Gasteiger partial charge in [0.15, 0.2) is 5.16 Å². The number of nitrogens with zero attached hydrogens (tertiary/aromatic N) is 5. The Morgan fingerprint density at radius 3 is 2.68 bits per heavy atom. The first-order valence-electron chi connectivity index (χ1n) is 9.38. The average molecular weight is 398 g/mol. The third-order valence-electron chi connectivity index (χ3n) is 4.94. The molecule has 0 amide bonds. The summed E-state index contributed by atoms with van der Waals surface area (Å²) in [7, 11) is 0. The van der Waals surface area contributed by atoms with E-state index in [-0.39, 0.29) is 5.56 Å². The summed E-state index contributed by atoms with van der Waals surface area (Å²) in [6, 6.07) is 7.64. The van der Waals surface area contributed by atoms with Crippen molar-refractivity contribution in [2.45, 2.75) is 51.6 Å². The van der Waals surface area contributed by atoms with Gasteiger partial charge in [-0.1, -0.05) is 42.9 Å². The van der Waals surface area contributed by atoms with Crippen molar-refractivity contribution in [2.75, 3.05) is 0 Å². The molecule has 1 aromatic carbocycles. The van der Waals surface area contributed by atoms with Crippen molar-refractivity contribution in [3.63, 3.8) is 0 Å². The summed E-state index contributed by atoms with van der Waals surface area (Å²) in [6.45, 7) is 8.78. The molecule has 0 saturated heterocycles. The van der Waals surface area contributed by atoms with Crippen LogP contribution >= 0.6 is 11.8 Å². The number of aromatic nitrogens is 5. The topological polar surface area (TPSA) is 78.2 Å². The molecule has 7 nitrogen and oxygen atoms in total. The first kappa shape index (κ1) is 18.7. The number of hydrogen-bond acceptors (Lipinski definition) is 6. The lowest BCUT2D eigenvalue weighted by molar-refractivity contribution is 0.392. The Morgan fingerprint density at radius 2 is 1.96 bits per heavy atom. The standard InChI is InChI=1S/C20H23N5O2S/c1-12(2)9-10-24-18(26)15-7-5-6-8-17(15)25-19(24)21-22-20(25)28-11-16-13(3)23-27-14(16)4/h5-8,12H,9-11H2,1-4H3. The SMILES string of the molecule is Cc1noc(C)c1CSc1nnc2n(CCC(C)C)c(=O)c3ccccc3n12. The highest BCUT2D eigenvalue weighted by Gasteiger charge is 2.18. The van der Waals surface area contributed by atoms with Gasteiger partial charge in [0.2, 0.25) is 5.78 Å². The molecule has 0 fully saturated rings. The Balaban J connectivity index is 1.83. The van der Waals surface area contributed by atoms with E-state index in [1.807, 2.05) is 42.5 Å². The molecule has 0 aliphatic rings. The average Bonchev–Trinajstić information content (AvgIpc) is 3.23. The van der Waals surface area contributed by atoms with Gasteiger partial charge in [-0.3, -0.25) is 13.8 Å². The van der Waals surface area contributed by atoms with E-state index < -0.39 is 0 Å². The van der Waals surface area contributed by atoms with Crippen molar-refractivity contribution >= 4 is 28.4 Å². The number of fused-ring (bicyclic) bond motifs is 3. The largest absolute Gasteiger partial charge is 0.361 e. The van der Waals surface area contributed by atoms with E-state index >= 15 is 0 Å². The number of hydrogen-bond donors (Lipinski definition) is 0. The molecule has 0 atom stereocenters. The van der Waals surface area contributed by atoms with Crippen molar-refractivity contribution in [3.05, 3.63) is 51.6 Å². The normalized spacial score (nSPS) is 11.9. The van der Waals surface area contributed by atoms with Crippen molar-refractivity contribution < 1.29 is 4.52 Å². The molecule has 3 heterocycles. The molecule has 0 unspecified atom stereocenters. The molecule has 0 N–H and O–H groups in total. The van der Waals surface area contributed by atoms with Crippen LogP contribution in [0.15, 0.2) is 38.7 Å². The van der Waals surface area contributed by atoms with Crippen molar-refractivity contribution in [1.82, 2.24) is 24.3 Å². The summed E-state index contributed by atoms with van der Waals surface area (Å²) in [5.74, 6) is 2.58. The third kappa shape index (κ3) is 3.22. The highest BCUT2D eigenvalue weighted by Crippen LogP contribution is 2.27. The summed E-state index contributed by atoms with van der Waals surface area (Å²) >= 11 is 1.57. The Labute approximate surface area is 166 Å². The van der Waals surface area contributed by atoms with Gasteiger partial charge in [0, 0.05) is 17.9 Å². The second-order valence-electron chi connectivity index (χ2n) is 7.37. The minimum Gasteiger partial charge on any atom is -0.361 e. The highest BCUT2D eigenvalue weighted by molar-refractivity contribution is 7.98. The maximum Gasteiger partial charge on any atom is 0.262 e. The number of para-hydroxylation sites is 1. The van der Waals surface area contributed by atoms with Crippen LogP contribution in [0.1, 0.15) is 37.3 Å². The van der Waals surface area contributed by atoms with Crippen molar-refractivity contribution in [3.8, 4) is 0 Å². The van der Waals surface area contributed by atoms with E-state index in [1.165, 1.54) is 0 Å². The smallest absolute Gasteiger partial charge is 0.262 e. The van der Waals surface area contributed by atoms with E-state index in [0.29, 0.717) is 29.4 Å². The first-order chi connectivity index (χ1) is 13.5. The molecule has 0 aliphatic carbocycles. The minimum absolute atomic E-state index is 0.0153. The van der Waals surface area contributed by atoms with Crippen LogP contribution in [0, 0.1) is 19.8 Å². The van der Waals surface area contributed by atoms with Crippen LogP contribution in [0.3, 0.4) is 0 Å². The number of benzene rings is 1. The summed E-state index contributed by atoms with van der Waals surface area (Å²) in [5.41, 5.74) is 2.77. The van der Waals surface area contributed by atoms with Gasteiger partial charge in [-0.05, 0) is 38.3 Å². The van der Waals surface area contributed by atoms with Gasteiger partial charge in [-0.15, -0.1) is 10.2 Å². The molecular weight excluding hydrogens is 374 g/mol. The third-order valence-corrected chi connectivity index (χ3v) is 5.89. The molecule has 3 aromatic heterocycles. The molecule has 4 rings (SSSR count). The van der Waals surface area contributed by atoms with Crippen molar-refractivity contribution in [1.29, 1.82) is 0 Å². The van der Waals surface area contributed by atoms with Crippen molar-refractivity contribution in [2.24, 2.45) is 5.92 Å². The maximum atomic E-state index is 13.1. The quantitative estimate of drug-likeness (QED) is 0.458. The van der Waals surface area contributed by atoms with Crippen LogP contribution in [0.2, 0.25) is 0 Å². The first-order valence-corrected chi connectivity index (χ1v) is 10.4. The lowest BCUT2D eigenvalue weighted by atomic mass is 10.1. The second-order valence-corrected chi connectivity index (χ2v) is 8.31. The molecular formula is C20H23N5O2S. The van der Waals surface area contributed by atoms with Crippen LogP contribution in [0.4, 0.5) is 0 Å². The Morgan fingerprint density at radius 1 is 1.18 bits per heavy atom. The zero-order valence-corrected chi connectivity index (χ0v) is 17.3. The molecule has 4 aromatic rings. The van der Waals surface area contributed by atoms with Gasteiger partial charge in [0.25, 0.3) is 5.56 Å². The number of aryl methyl sites for hydroxylation is 3. The van der Waals surface area contributed by atoms with E-state index in [9.17, 15) is 4.79 Å². The van der Waals surface area contributed by atoms with Gasteiger partial charge in [-0.2, -0.15) is 0 Å². The Bertz CT molecular complexity index is 1190. The van der Waals surface area contributed by atoms with E-state index in [0.717, 1.165) is 34.1 Å². The molecule has 8 heteroatoms. The lowest BCUT2D eigenvalue weighted by Gasteiger charge is -2.12. The molecule has 0 bridgehead atoms. The van der Waals surface area contributed by atoms with Gasteiger partial charge in [0.1, 0.15) is 5.76 Å². The highest BCUT2D eigenvalue weighted by atomic mass is 32.2. The van der Waals surface area contributed by atoms with Gasteiger partial charge < -0.3 is 4.52 Å². The molecule has 0 radical (unpaired) electrons. The summed E-state index contributed by atoms with van der Waals surface area (Å²) < 4.78 is 8.99. The fourth-order valence-electron chi connectivity index (χ4n) is 3.26. The Kier molecular flexibility index (Phi) is 4.97. The minimum atomic E-state index is -0.0153. The predicted octanol–water partition coefficient (Wildman–Crippen LogP) is 3.99. The predicted molar refractivity (Wildman–Crippen MR) is 110 cm³/mol. The molecule has 0 aliphatic heterocycles. The number of rotatable bonds is 6. The second kappa shape index (κ2) is 7.43. The zero-order chi connectivity index (χ0) is 19.8. The molecule has 28 heavy (non-hydrogen) atoms. The fourth-order valence-corrected chi connectivity index (χ4v) is 4.35. The van der Waals surface area contributed by atoms with Crippen LogP contribution < -0.4 is 5.56 Å². The van der Waals surface area contributed by atoms with Gasteiger partial charge >= 0.3 is 0 Å².